The topological polar surface area (TPSA) is 54.0 Å². The van der Waals surface area contributed by atoms with Crippen LogP contribution in [0.15, 0.2) is 47.7 Å². The van der Waals surface area contributed by atoms with Crippen molar-refractivity contribution in [3.05, 3.63) is 53.4 Å². The zero-order valence-electron chi connectivity index (χ0n) is 14.9. The normalized spacial score (nSPS) is 12.2. The first kappa shape index (κ1) is 20.0. The molecular formula is C19H27N3OS. The monoisotopic (exact) mass is 345 g/mol. The lowest BCUT2D eigenvalue weighted by Gasteiger charge is -2.16. The molecule has 0 aliphatic heterocycles. The second-order valence-corrected chi connectivity index (χ2v) is 6.36. The summed E-state index contributed by atoms with van der Waals surface area (Å²) in [7, 11) is 1.72. The fourth-order valence-electron chi connectivity index (χ4n) is 2.20. The van der Waals surface area contributed by atoms with Crippen molar-refractivity contribution in [1.29, 1.82) is 0 Å². The first-order chi connectivity index (χ1) is 11.5. The van der Waals surface area contributed by atoms with Gasteiger partial charge in [0.05, 0.1) is 10.7 Å². The maximum Gasteiger partial charge on any atom is 0.236 e. The maximum atomic E-state index is 12.5. The SMILES string of the molecule is CNC(=S)C(C(=O)NC/C=C(\C)CCC=C(C)C)c1ccccn1. The third kappa shape index (κ3) is 7.04. The Kier molecular flexibility index (Phi) is 8.94. The molecule has 0 aliphatic rings. The molecule has 0 aromatic carbocycles. The first-order valence-electron chi connectivity index (χ1n) is 8.15. The molecule has 1 unspecified atom stereocenters. The van der Waals surface area contributed by atoms with Crippen LogP contribution >= 0.6 is 12.2 Å². The van der Waals surface area contributed by atoms with E-state index < -0.39 is 5.92 Å². The standard InChI is InChI=1S/C19H27N3OS/c1-14(2)8-7-9-15(3)11-13-22-18(23)17(19(24)20-4)16-10-5-6-12-21-16/h5-6,8,10-12,17H,7,9,13H2,1-4H3,(H,20,24)(H,22,23)/b15-11+. The fraction of sp³-hybridized carbons (Fsp3) is 0.421. The lowest BCUT2D eigenvalue weighted by Crippen LogP contribution is -2.38. The van der Waals surface area contributed by atoms with Gasteiger partial charge in [0.1, 0.15) is 5.92 Å². The van der Waals surface area contributed by atoms with Gasteiger partial charge in [-0.1, -0.05) is 41.6 Å². The summed E-state index contributed by atoms with van der Waals surface area (Å²) in [5, 5.41) is 5.82. The molecule has 0 fully saturated rings. The van der Waals surface area contributed by atoms with Gasteiger partial charge in [0.2, 0.25) is 5.91 Å². The quantitative estimate of drug-likeness (QED) is 0.559. The minimum Gasteiger partial charge on any atom is -0.382 e. The number of hydrogen-bond donors (Lipinski definition) is 2. The van der Waals surface area contributed by atoms with Crippen LogP contribution in [0.25, 0.3) is 0 Å². The van der Waals surface area contributed by atoms with Gasteiger partial charge in [-0.2, -0.15) is 0 Å². The Labute approximate surface area is 150 Å². The largest absolute Gasteiger partial charge is 0.382 e. The summed E-state index contributed by atoms with van der Waals surface area (Å²) in [5.41, 5.74) is 3.24. The molecule has 4 nitrogen and oxygen atoms in total. The minimum atomic E-state index is -0.564. The molecule has 1 rings (SSSR count). The van der Waals surface area contributed by atoms with Crippen LogP contribution in [-0.4, -0.2) is 29.5 Å². The molecular weight excluding hydrogens is 318 g/mol. The zero-order chi connectivity index (χ0) is 17.9. The van der Waals surface area contributed by atoms with Crippen LogP contribution in [0, 0.1) is 0 Å². The number of nitrogens with one attached hydrogen (secondary N) is 2. The number of rotatable bonds is 8. The number of allylic oxidation sites excluding steroid dienone is 3. The summed E-state index contributed by atoms with van der Waals surface area (Å²) in [6, 6.07) is 5.49. The number of amides is 1. The van der Waals surface area contributed by atoms with Crippen molar-refractivity contribution in [2.24, 2.45) is 0 Å². The third-order valence-electron chi connectivity index (χ3n) is 3.57. The second kappa shape index (κ2) is 10.7. The van der Waals surface area contributed by atoms with Crippen molar-refractivity contribution in [2.75, 3.05) is 13.6 Å². The van der Waals surface area contributed by atoms with E-state index in [-0.39, 0.29) is 5.91 Å². The van der Waals surface area contributed by atoms with E-state index in [4.69, 9.17) is 12.2 Å². The van der Waals surface area contributed by atoms with Gasteiger partial charge >= 0.3 is 0 Å². The highest BCUT2D eigenvalue weighted by atomic mass is 32.1. The summed E-state index contributed by atoms with van der Waals surface area (Å²) >= 11 is 5.28. The van der Waals surface area contributed by atoms with E-state index in [9.17, 15) is 4.79 Å². The molecule has 1 aromatic rings. The number of hydrogen-bond acceptors (Lipinski definition) is 3. The second-order valence-electron chi connectivity index (χ2n) is 5.92. The number of nitrogens with zero attached hydrogens (tertiary/aromatic N) is 1. The Morgan fingerprint density at radius 3 is 2.62 bits per heavy atom. The first-order valence-corrected chi connectivity index (χ1v) is 8.55. The van der Waals surface area contributed by atoms with Crippen LogP contribution in [0.4, 0.5) is 0 Å². The van der Waals surface area contributed by atoms with Crippen LogP contribution in [-0.2, 0) is 4.79 Å². The van der Waals surface area contributed by atoms with E-state index >= 15 is 0 Å². The van der Waals surface area contributed by atoms with Crippen LogP contribution in [0.1, 0.15) is 45.2 Å². The van der Waals surface area contributed by atoms with E-state index in [1.807, 2.05) is 18.2 Å². The Morgan fingerprint density at radius 1 is 1.29 bits per heavy atom. The molecule has 1 atom stereocenters. The van der Waals surface area contributed by atoms with Gasteiger partial charge in [0.25, 0.3) is 0 Å². The molecule has 24 heavy (non-hydrogen) atoms. The van der Waals surface area contributed by atoms with E-state index in [0.29, 0.717) is 17.2 Å². The average molecular weight is 346 g/mol. The van der Waals surface area contributed by atoms with Crippen LogP contribution in [0.2, 0.25) is 0 Å². The van der Waals surface area contributed by atoms with Crippen LogP contribution < -0.4 is 10.6 Å². The number of carbonyl (C=O) groups excluding carboxylic acids is 1. The van der Waals surface area contributed by atoms with Crippen LogP contribution in [0.3, 0.4) is 0 Å². The third-order valence-corrected chi connectivity index (χ3v) is 4.01. The Morgan fingerprint density at radius 2 is 2.04 bits per heavy atom. The highest BCUT2D eigenvalue weighted by Crippen LogP contribution is 2.14. The van der Waals surface area contributed by atoms with Crippen LogP contribution in [0.5, 0.6) is 0 Å². The lowest BCUT2D eigenvalue weighted by molar-refractivity contribution is -0.121. The zero-order valence-corrected chi connectivity index (χ0v) is 15.7. The highest BCUT2D eigenvalue weighted by molar-refractivity contribution is 7.80. The molecule has 0 saturated carbocycles. The summed E-state index contributed by atoms with van der Waals surface area (Å²) in [6.45, 7) is 6.78. The Balaban J connectivity index is 2.63. The molecule has 1 amide bonds. The Hall–Kier alpha value is -2.01. The smallest absolute Gasteiger partial charge is 0.236 e. The van der Waals surface area contributed by atoms with E-state index in [1.165, 1.54) is 11.1 Å². The van der Waals surface area contributed by atoms with Crippen molar-refractivity contribution >= 4 is 23.1 Å². The fourth-order valence-corrected chi connectivity index (χ4v) is 2.43. The Bertz CT molecular complexity index is 604. The number of pyridine rings is 1. The van der Waals surface area contributed by atoms with E-state index in [0.717, 1.165) is 12.8 Å². The van der Waals surface area contributed by atoms with Gasteiger partial charge < -0.3 is 10.6 Å². The summed E-state index contributed by atoms with van der Waals surface area (Å²) < 4.78 is 0. The molecule has 0 spiro atoms. The van der Waals surface area contributed by atoms with Crippen molar-refractivity contribution in [3.8, 4) is 0 Å². The number of thiocarbonyl (C=S) groups is 1. The van der Waals surface area contributed by atoms with E-state index in [1.54, 1.807) is 13.2 Å². The predicted molar refractivity (Wildman–Crippen MR) is 104 cm³/mol. The van der Waals surface area contributed by atoms with Gasteiger partial charge in [0, 0.05) is 19.8 Å². The molecule has 1 heterocycles. The lowest BCUT2D eigenvalue weighted by atomic mass is 10.0. The number of likely N-dealkylation sites (N-methyl/N-ethyl adjacent to an activating group) is 1. The minimum absolute atomic E-state index is 0.138. The van der Waals surface area contributed by atoms with E-state index in [2.05, 4.69) is 48.5 Å². The molecule has 2 N–H and O–H groups in total. The summed E-state index contributed by atoms with van der Waals surface area (Å²) in [5.74, 6) is -0.702. The van der Waals surface area contributed by atoms with Crippen molar-refractivity contribution in [3.63, 3.8) is 0 Å². The van der Waals surface area contributed by atoms with Gasteiger partial charge in [-0.25, -0.2) is 0 Å². The summed E-state index contributed by atoms with van der Waals surface area (Å²) in [6.07, 6.45) is 7.97. The molecule has 5 heteroatoms. The molecule has 0 saturated heterocycles. The summed E-state index contributed by atoms with van der Waals surface area (Å²) in [4.78, 5) is 17.2. The van der Waals surface area contributed by atoms with Crippen molar-refractivity contribution in [2.45, 2.75) is 39.5 Å². The van der Waals surface area contributed by atoms with Crippen molar-refractivity contribution < 1.29 is 4.79 Å². The molecule has 1 aromatic heterocycles. The van der Waals surface area contributed by atoms with Gasteiger partial charge in [-0.3, -0.25) is 9.78 Å². The molecule has 0 radical (unpaired) electrons. The molecule has 130 valence electrons. The van der Waals surface area contributed by atoms with Crippen molar-refractivity contribution in [1.82, 2.24) is 15.6 Å². The molecule has 0 bridgehead atoms. The van der Waals surface area contributed by atoms with Gasteiger partial charge in [-0.05, 0) is 45.7 Å². The van der Waals surface area contributed by atoms with Gasteiger partial charge in [0.15, 0.2) is 0 Å². The maximum absolute atomic E-state index is 12.5. The highest BCUT2D eigenvalue weighted by Gasteiger charge is 2.25. The van der Waals surface area contributed by atoms with Gasteiger partial charge in [-0.15, -0.1) is 0 Å². The average Bonchev–Trinajstić information content (AvgIpc) is 2.55. The number of carbonyl (C=O) groups is 1. The number of aromatic nitrogens is 1. The molecule has 0 aliphatic carbocycles. The predicted octanol–water partition coefficient (Wildman–Crippen LogP) is 3.52.